The molecule has 2 heterocycles. The Balaban J connectivity index is 1.91. The number of fused-ring (bicyclic) bond motifs is 1. The highest BCUT2D eigenvalue weighted by molar-refractivity contribution is 7.94. The van der Waals surface area contributed by atoms with Crippen LogP contribution in [0.15, 0.2) is 41.6 Å². The van der Waals surface area contributed by atoms with Crippen LogP contribution in [0, 0.1) is 0 Å². The van der Waals surface area contributed by atoms with E-state index in [9.17, 15) is 8.42 Å². The van der Waals surface area contributed by atoms with E-state index in [1.807, 2.05) is 6.07 Å². The highest BCUT2D eigenvalue weighted by Gasteiger charge is 2.17. The lowest BCUT2D eigenvalue weighted by atomic mass is 10.0. The van der Waals surface area contributed by atoms with Crippen molar-refractivity contribution in [2.45, 2.75) is 17.9 Å². The second kappa shape index (κ2) is 5.18. The number of benzene rings is 1. The van der Waals surface area contributed by atoms with E-state index >= 15 is 0 Å². The number of quaternary nitrogens is 1. The Kier molecular flexibility index (Phi) is 3.37. The molecule has 1 aliphatic rings. The van der Waals surface area contributed by atoms with Gasteiger partial charge in [0.05, 0.1) is 11.4 Å². The lowest BCUT2D eigenvalue weighted by Gasteiger charge is -2.17. The van der Waals surface area contributed by atoms with Gasteiger partial charge in [0.2, 0.25) is 10.0 Å². The summed E-state index contributed by atoms with van der Waals surface area (Å²) in [5.74, 6) is -0.0446. The quantitative estimate of drug-likeness (QED) is 0.890. The van der Waals surface area contributed by atoms with Crippen molar-refractivity contribution >= 4 is 16.0 Å². The van der Waals surface area contributed by atoms with Crippen LogP contribution < -0.4 is 5.32 Å². The van der Waals surface area contributed by atoms with Gasteiger partial charge >= 0.3 is 0 Å². The van der Waals surface area contributed by atoms with Crippen molar-refractivity contribution in [2.24, 2.45) is 0 Å². The highest BCUT2D eigenvalue weighted by atomic mass is 32.2. The molecule has 0 atom stereocenters. The Labute approximate surface area is 117 Å². The molecule has 1 aliphatic heterocycles. The second-order valence-corrected chi connectivity index (χ2v) is 6.18. The van der Waals surface area contributed by atoms with E-state index in [0.29, 0.717) is 0 Å². The number of nitrogens with two attached hydrogens (primary N) is 1. The molecule has 0 aliphatic carbocycles. The molecule has 104 valence electrons. The third kappa shape index (κ3) is 2.63. The molecule has 0 saturated heterocycles. The third-order valence-electron chi connectivity index (χ3n) is 3.21. The Bertz CT molecular complexity index is 716. The van der Waals surface area contributed by atoms with Gasteiger partial charge in [-0.05, 0) is 30.1 Å². The fourth-order valence-electron chi connectivity index (χ4n) is 2.21. The van der Waals surface area contributed by atoms with E-state index in [0.717, 1.165) is 25.1 Å². The van der Waals surface area contributed by atoms with Crippen molar-refractivity contribution in [3.05, 3.63) is 52.5 Å². The van der Waals surface area contributed by atoms with Crippen LogP contribution in [0.25, 0.3) is 4.72 Å². The average Bonchev–Trinajstić information content (AvgIpc) is 2.47. The molecule has 2 N–H and O–H groups in total. The van der Waals surface area contributed by atoms with Gasteiger partial charge < -0.3 is 15.3 Å². The minimum absolute atomic E-state index is 0.0446. The second-order valence-electron chi connectivity index (χ2n) is 4.58. The zero-order valence-electron chi connectivity index (χ0n) is 10.7. The van der Waals surface area contributed by atoms with Crippen LogP contribution in [-0.4, -0.2) is 24.9 Å². The molecule has 7 heteroatoms. The van der Waals surface area contributed by atoms with Crippen LogP contribution in [0.2, 0.25) is 0 Å². The Morgan fingerprint density at radius 1 is 1.15 bits per heavy atom. The number of aromatic nitrogens is 2. The van der Waals surface area contributed by atoms with Crippen LogP contribution >= 0.6 is 0 Å². The van der Waals surface area contributed by atoms with Crippen molar-refractivity contribution in [1.82, 2.24) is 9.97 Å². The molecule has 0 saturated carbocycles. The van der Waals surface area contributed by atoms with Crippen LogP contribution in [-0.2, 0) is 23.0 Å². The molecule has 0 spiro atoms. The van der Waals surface area contributed by atoms with E-state index in [1.54, 1.807) is 18.2 Å². The maximum Gasteiger partial charge on any atom is 0.229 e. The van der Waals surface area contributed by atoms with E-state index < -0.39 is 10.0 Å². The molecule has 0 unspecified atom stereocenters. The number of sulfonamides is 1. The van der Waals surface area contributed by atoms with Crippen LogP contribution in [0.4, 0.5) is 5.95 Å². The molecule has 2 aromatic rings. The minimum atomic E-state index is -3.76. The first-order valence-electron chi connectivity index (χ1n) is 6.34. The van der Waals surface area contributed by atoms with Gasteiger partial charge in [-0.1, -0.05) is 12.1 Å². The molecular weight excluding hydrogens is 276 g/mol. The summed E-state index contributed by atoms with van der Waals surface area (Å²) in [5, 5.41) is 2.16. The number of hydrogen-bond acceptors (Lipinski definition) is 4. The van der Waals surface area contributed by atoms with Gasteiger partial charge in [-0.3, -0.25) is 4.72 Å². The molecule has 0 bridgehead atoms. The van der Waals surface area contributed by atoms with Gasteiger partial charge in [0.1, 0.15) is 6.54 Å². The topological polar surface area (TPSA) is 90.6 Å². The van der Waals surface area contributed by atoms with Gasteiger partial charge in [0, 0.05) is 17.9 Å². The normalized spacial score (nSPS) is 14.6. The standard InChI is InChI=1S/C13H13N4O2S/c18-20(19,17-13-15-5-1-6-16-13)12-3-2-10-4-7-14-9-11(10)8-12/h1-3,5-6,8,14H,4,7,9H2/q-1/p+1. The summed E-state index contributed by atoms with van der Waals surface area (Å²) in [6, 6.07) is 6.79. The predicted molar refractivity (Wildman–Crippen MR) is 72.9 cm³/mol. The SMILES string of the molecule is O=S(=O)([N-]c1ncccn1)c1ccc2c(c1)C[NH2+]CC2. The zero-order valence-corrected chi connectivity index (χ0v) is 11.5. The Morgan fingerprint density at radius 2 is 1.95 bits per heavy atom. The number of nitrogens with zero attached hydrogens (tertiary/aromatic N) is 3. The van der Waals surface area contributed by atoms with Crippen molar-refractivity contribution in [3.8, 4) is 0 Å². The predicted octanol–water partition coefficient (Wildman–Crippen LogP) is 0.490. The van der Waals surface area contributed by atoms with Crippen LogP contribution in [0.5, 0.6) is 0 Å². The summed E-state index contributed by atoms with van der Waals surface area (Å²) < 4.78 is 28.1. The smallest absolute Gasteiger partial charge is 0.229 e. The molecule has 0 fully saturated rings. The van der Waals surface area contributed by atoms with Gasteiger partial charge in [-0.2, -0.15) is 0 Å². The van der Waals surface area contributed by atoms with Crippen LogP contribution in [0.3, 0.4) is 0 Å². The molecule has 6 nitrogen and oxygen atoms in total. The monoisotopic (exact) mass is 290 g/mol. The largest absolute Gasteiger partial charge is 0.366 e. The molecule has 20 heavy (non-hydrogen) atoms. The lowest BCUT2D eigenvalue weighted by molar-refractivity contribution is -0.673. The molecule has 1 aromatic heterocycles. The van der Waals surface area contributed by atoms with Gasteiger partial charge in [-0.25, -0.2) is 8.42 Å². The van der Waals surface area contributed by atoms with Gasteiger partial charge in [0.15, 0.2) is 0 Å². The molecule has 3 rings (SSSR count). The highest BCUT2D eigenvalue weighted by Crippen LogP contribution is 2.25. The summed E-state index contributed by atoms with van der Waals surface area (Å²) in [4.78, 5) is 7.82. The molecule has 1 aromatic carbocycles. The van der Waals surface area contributed by atoms with Gasteiger partial charge in [0.25, 0.3) is 0 Å². The maximum atomic E-state index is 12.2. The van der Waals surface area contributed by atoms with E-state index in [4.69, 9.17) is 0 Å². The molecular formula is C13H14N4O2S. The van der Waals surface area contributed by atoms with Crippen molar-refractivity contribution in [2.75, 3.05) is 6.54 Å². The molecule has 0 radical (unpaired) electrons. The molecule has 0 amide bonds. The van der Waals surface area contributed by atoms with E-state index in [-0.39, 0.29) is 10.8 Å². The van der Waals surface area contributed by atoms with Crippen molar-refractivity contribution in [3.63, 3.8) is 0 Å². The fourth-order valence-corrected chi connectivity index (χ4v) is 3.16. The third-order valence-corrected chi connectivity index (χ3v) is 4.46. The van der Waals surface area contributed by atoms with Crippen molar-refractivity contribution < 1.29 is 13.7 Å². The number of rotatable bonds is 3. The van der Waals surface area contributed by atoms with E-state index in [2.05, 4.69) is 20.0 Å². The Hall–Kier alpha value is -1.99. The Morgan fingerprint density at radius 3 is 2.75 bits per heavy atom. The fraction of sp³-hybridized carbons (Fsp3) is 0.231. The zero-order chi connectivity index (χ0) is 14.0. The average molecular weight is 290 g/mol. The minimum Gasteiger partial charge on any atom is -0.366 e. The maximum absolute atomic E-state index is 12.2. The van der Waals surface area contributed by atoms with Crippen molar-refractivity contribution in [1.29, 1.82) is 0 Å². The first kappa shape index (κ1) is 13.0. The first-order chi connectivity index (χ1) is 9.65. The van der Waals surface area contributed by atoms with Crippen LogP contribution in [0.1, 0.15) is 11.1 Å². The number of hydrogen-bond donors (Lipinski definition) is 1. The summed E-state index contributed by atoms with van der Waals surface area (Å²) in [6.45, 7) is 1.85. The summed E-state index contributed by atoms with van der Waals surface area (Å²) in [7, 11) is -3.76. The lowest BCUT2D eigenvalue weighted by Crippen LogP contribution is -2.84. The summed E-state index contributed by atoms with van der Waals surface area (Å²) in [5.41, 5.74) is 2.27. The van der Waals surface area contributed by atoms with E-state index in [1.165, 1.54) is 18.0 Å². The summed E-state index contributed by atoms with van der Waals surface area (Å²) >= 11 is 0. The summed E-state index contributed by atoms with van der Waals surface area (Å²) in [6.07, 6.45) is 3.89. The first-order valence-corrected chi connectivity index (χ1v) is 7.78. The van der Waals surface area contributed by atoms with Gasteiger partial charge in [-0.15, -0.1) is 0 Å².